The molecule has 0 radical (unpaired) electrons. The minimum atomic E-state index is -3.44. The van der Waals surface area contributed by atoms with Crippen LogP contribution in [0.1, 0.15) is 19.4 Å². The third-order valence-corrected chi connectivity index (χ3v) is 5.69. The van der Waals surface area contributed by atoms with Crippen molar-refractivity contribution < 1.29 is 8.42 Å². The van der Waals surface area contributed by atoms with Crippen molar-refractivity contribution >= 4 is 32.5 Å². The second-order valence-corrected chi connectivity index (χ2v) is 6.84. The minimum absolute atomic E-state index is 0.289. The molecule has 20 heavy (non-hydrogen) atoms. The first-order valence-corrected chi connectivity index (χ1v) is 8.29. The number of aryl methyl sites for hydroxylation is 1. The fourth-order valence-corrected chi connectivity index (χ4v) is 3.75. The molecular weight excluding hydrogens is 296 g/mol. The number of rotatable bonds is 4. The summed E-state index contributed by atoms with van der Waals surface area (Å²) in [5.41, 5.74) is 1.52. The van der Waals surface area contributed by atoms with Gasteiger partial charge in [0.2, 0.25) is 10.0 Å². The van der Waals surface area contributed by atoms with Crippen LogP contribution in [0.3, 0.4) is 0 Å². The molecule has 2 rings (SSSR count). The molecule has 1 aromatic carbocycles. The Balaban J connectivity index is 2.59. The standard InChI is InChI=1S/C14H17ClN2O2S/c1-4-17(5-2)20(18,19)12-6-7-13-11(9-12)8-10(3)14(15)16-13/h6-9H,4-5H2,1-3H3. The van der Waals surface area contributed by atoms with E-state index in [1.165, 1.54) is 4.31 Å². The molecular formula is C14H17ClN2O2S. The van der Waals surface area contributed by atoms with Crippen LogP contribution in [0.4, 0.5) is 0 Å². The summed E-state index contributed by atoms with van der Waals surface area (Å²) in [6, 6.07) is 6.77. The van der Waals surface area contributed by atoms with Crippen molar-refractivity contribution in [2.75, 3.05) is 13.1 Å². The lowest BCUT2D eigenvalue weighted by molar-refractivity contribution is 0.445. The van der Waals surface area contributed by atoms with Crippen molar-refractivity contribution in [3.8, 4) is 0 Å². The molecule has 1 heterocycles. The van der Waals surface area contributed by atoms with Crippen LogP contribution in [0.5, 0.6) is 0 Å². The Kier molecular flexibility index (Phi) is 4.32. The normalized spacial score (nSPS) is 12.2. The van der Waals surface area contributed by atoms with E-state index in [4.69, 9.17) is 11.6 Å². The quantitative estimate of drug-likeness (QED) is 0.814. The Labute approximate surface area is 124 Å². The second-order valence-electron chi connectivity index (χ2n) is 4.54. The number of hydrogen-bond donors (Lipinski definition) is 0. The summed E-state index contributed by atoms with van der Waals surface area (Å²) < 4.78 is 26.4. The molecule has 0 bridgehead atoms. The predicted octanol–water partition coefficient (Wildman–Crippen LogP) is 3.23. The highest BCUT2D eigenvalue weighted by atomic mass is 35.5. The van der Waals surface area contributed by atoms with E-state index in [2.05, 4.69) is 4.98 Å². The van der Waals surface area contributed by atoms with Crippen LogP contribution in [0.2, 0.25) is 5.15 Å². The molecule has 0 saturated carbocycles. The number of nitrogens with zero attached hydrogens (tertiary/aromatic N) is 2. The monoisotopic (exact) mass is 312 g/mol. The number of aromatic nitrogens is 1. The lowest BCUT2D eigenvalue weighted by Crippen LogP contribution is -2.30. The molecule has 0 aliphatic heterocycles. The van der Waals surface area contributed by atoms with E-state index in [0.29, 0.717) is 23.8 Å². The van der Waals surface area contributed by atoms with E-state index < -0.39 is 10.0 Å². The SMILES string of the molecule is CCN(CC)S(=O)(=O)c1ccc2nc(Cl)c(C)cc2c1. The van der Waals surface area contributed by atoms with Crippen LogP contribution in [0.15, 0.2) is 29.2 Å². The van der Waals surface area contributed by atoms with Gasteiger partial charge in [-0.25, -0.2) is 13.4 Å². The van der Waals surface area contributed by atoms with Crippen molar-refractivity contribution in [3.05, 3.63) is 35.0 Å². The fraction of sp³-hybridized carbons (Fsp3) is 0.357. The molecule has 0 spiro atoms. The van der Waals surface area contributed by atoms with Gasteiger partial charge in [-0.15, -0.1) is 0 Å². The molecule has 6 heteroatoms. The lowest BCUT2D eigenvalue weighted by atomic mass is 10.2. The minimum Gasteiger partial charge on any atom is -0.236 e. The van der Waals surface area contributed by atoms with Gasteiger partial charge in [0.15, 0.2) is 0 Å². The molecule has 108 valence electrons. The summed E-state index contributed by atoms with van der Waals surface area (Å²) in [4.78, 5) is 4.53. The molecule has 1 aromatic heterocycles. The van der Waals surface area contributed by atoms with Crippen molar-refractivity contribution in [1.82, 2.24) is 9.29 Å². The zero-order valence-corrected chi connectivity index (χ0v) is 13.3. The van der Waals surface area contributed by atoms with E-state index in [1.54, 1.807) is 18.2 Å². The topological polar surface area (TPSA) is 50.3 Å². The number of benzene rings is 1. The summed E-state index contributed by atoms with van der Waals surface area (Å²) in [6.45, 7) is 6.41. The molecule has 4 nitrogen and oxygen atoms in total. The molecule has 0 amide bonds. The summed E-state index contributed by atoms with van der Waals surface area (Å²) >= 11 is 5.98. The molecule has 0 aliphatic rings. The van der Waals surface area contributed by atoms with E-state index in [0.717, 1.165) is 10.9 Å². The highest BCUT2D eigenvalue weighted by molar-refractivity contribution is 7.89. The zero-order valence-electron chi connectivity index (χ0n) is 11.7. The number of halogens is 1. The molecule has 0 fully saturated rings. The van der Waals surface area contributed by atoms with Gasteiger partial charge in [0.05, 0.1) is 10.4 Å². The van der Waals surface area contributed by atoms with Crippen LogP contribution in [-0.2, 0) is 10.0 Å². The zero-order chi connectivity index (χ0) is 14.9. The Morgan fingerprint density at radius 2 is 1.85 bits per heavy atom. The molecule has 0 aliphatic carbocycles. The number of pyridine rings is 1. The van der Waals surface area contributed by atoms with Gasteiger partial charge in [0.25, 0.3) is 0 Å². The number of sulfonamides is 1. The average Bonchev–Trinajstić information content (AvgIpc) is 2.40. The number of fused-ring (bicyclic) bond motifs is 1. The second kappa shape index (κ2) is 5.68. The van der Waals surface area contributed by atoms with Crippen LogP contribution >= 0.6 is 11.6 Å². The molecule has 0 atom stereocenters. The first-order chi connectivity index (χ1) is 9.40. The maximum atomic E-state index is 12.5. The van der Waals surface area contributed by atoms with Crippen LogP contribution in [0.25, 0.3) is 10.9 Å². The predicted molar refractivity (Wildman–Crippen MR) is 81.6 cm³/mol. The number of hydrogen-bond acceptors (Lipinski definition) is 3. The highest BCUT2D eigenvalue weighted by Crippen LogP contribution is 2.24. The largest absolute Gasteiger partial charge is 0.243 e. The van der Waals surface area contributed by atoms with Gasteiger partial charge in [0, 0.05) is 18.5 Å². The van der Waals surface area contributed by atoms with Crippen molar-refractivity contribution in [3.63, 3.8) is 0 Å². The Bertz CT molecular complexity index is 740. The van der Waals surface area contributed by atoms with Crippen LogP contribution < -0.4 is 0 Å². The molecule has 2 aromatic rings. The summed E-state index contributed by atoms with van der Waals surface area (Å²) in [5, 5.41) is 1.22. The maximum Gasteiger partial charge on any atom is 0.243 e. The van der Waals surface area contributed by atoms with Gasteiger partial charge in [-0.1, -0.05) is 25.4 Å². The van der Waals surface area contributed by atoms with Gasteiger partial charge in [-0.2, -0.15) is 4.31 Å². The Morgan fingerprint density at radius 1 is 1.20 bits per heavy atom. The summed E-state index contributed by atoms with van der Waals surface area (Å²) in [7, 11) is -3.44. The van der Waals surface area contributed by atoms with Crippen molar-refractivity contribution in [2.45, 2.75) is 25.7 Å². The van der Waals surface area contributed by atoms with Gasteiger partial charge >= 0.3 is 0 Å². The summed E-state index contributed by atoms with van der Waals surface area (Å²) in [5.74, 6) is 0. The maximum absolute atomic E-state index is 12.5. The fourth-order valence-electron chi connectivity index (χ4n) is 2.11. The van der Waals surface area contributed by atoms with E-state index in [9.17, 15) is 8.42 Å². The van der Waals surface area contributed by atoms with E-state index in [-0.39, 0.29) is 4.90 Å². The first-order valence-electron chi connectivity index (χ1n) is 6.47. The Morgan fingerprint density at radius 3 is 2.45 bits per heavy atom. The third kappa shape index (κ3) is 2.66. The van der Waals surface area contributed by atoms with E-state index >= 15 is 0 Å². The van der Waals surface area contributed by atoms with E-state index in [1.807, 2.05) is 26.8 Å². The van der Waals surface area contributed by atoms with Gasteiger partial charge in [-0.05, 0) is 36.8 Å². The van der Waals surface area contributed by atoms with Gasteiger partial charge < -0.3 is 0 Å². The summed E-state index contributed by atoms with van der Waals surface area (Å²) in [6.07, 6.45) is 0. The van der Waals surface area contributed by atoms with Crippen LogP contribution in [0, 0.1) is 6.92 Å². The molecule has 0 unspecified atom stereocenters. The van der Waals surface area contributed by atoms with Gasteiger partial charge in [-0.3, -0.25) is 0 Å². The third-order valence-electron chi connectivity index (χ3n) is 3.26. The molecule has 0 saturated heterocycles. The smallest absolute Gasteiger partial charge is 0.236 e. The lowest BCUT2D eigenvalue weighted by Gasteiger charge is -2.18. The average molecular weight is 313 g/mol. The Hall–Kier alpha value is -1.17. The van der Waals surface area contributed by atoms with Crippen molar-refractivity contribution in [2.24, 2.45) is 0 Å². The van der Waals surface area contributed by atoms with Crippen LogP contribution in [-0.4, -0.2) is 30.8 Å². The molecule has 0 N–H and O–H groups in total. The van der Waals surface area contributed by atoms with Crippen molar-refractivity contribution in [1.29, 1.82) is 0 Å². The van der Waals surface area contributed by atoms with Gasteiger partial charge in [0.1, 0.15) is 5.15 Å². The first kappa shape index (κ1) is 15.2. The highest BCUT2D eigenvalue weighted by Gasteiger charge is 2.21.